The van der Waals surface area contributed by atoms with E-state index in [9.17, 15) is 4.79 Å². The summed E-state index contributed by atoms with van der Waals surface area (Å²) in [7, 11) is 5.19. The third kappa shape index (κ3) is 4.44. The van der Waals surface area contributed by atoms with Crippen molar-refractivity contribution < 1.29 is 14.3 Å². The number of nitrogens with zero attached hydrogens (tertiary/aromatic N) is 1. The number of hydrogen-bond acceptors (Lipinski definition) is 5. The van der Waals surface area contributed by atoms with Gasteiger partial charge in [-0.1, -0.05) is 6.92 Å². The van der Waals surface area contributed by atoms with Gasteiger partial charge in [0.25, 0.3) is 0 Å². The summed E-state index contributed by atoms with van der Waals surface area (Å²) in [6.45, 7) is 5.11. The number of likely N-dealkylation sites (N-methyl/N-ethyl adjacent to an activating group) is 1. The first-order chi connectivity index (χ1) is 9.10. The Morgan fingerprint density at radius 3 is 2.58 bits per heavy atom. The summed E-state index contributed by atoms with van der Waals surface area (Å²) < 4.78 is 10.2. The highest BCUT2D eigenvalue weighted by Gasteiger charge is 2.51. The van der Waals surface area contributed by atoms with Crippen LogP contribution in [0.1, 0.15) is 26.2 Å². The molecule has 1 saturated carbocycles. The summed E-state index contributed by atoms with van der Waals surface area (Å²) in [6.07, 6.45) is 3.21. The van der Waals surface area contributed by atoms with E-state index in [0.29, 0.717) is 19.1 Å². The topological polar surface area (TPSA) is 50.8 Å². The first-order valence-electron chi connectivity index (χ1n) is 7.11. The number of carbonyl (C=O) groups is 1. The predicted octanol–water partition coefficient (Wildman–Crippen LogP) is 0.886. The molecule has 19 heavy (non-hydrogen) atoms. The van der Waals surface area contributed by atoms with Gasteiger partial charge in [0.15, 0.2) is 0 Å². The highest BCUT2D eigenvalue weighted by Crippen LogP contribution is 2.41. The van der Waals surface area contributed by atoms with Gasteiger partial charge in [0.2, 0.25) is 0 Å². The van der Waals surface area contributed by atoms with Crippen LogP contribution in [0, 0.1) is 5.92 Å². The number of rotatable bonds is 10. The van der Waals surface area contributed by atoms with E-state index >= 15 is 0 Å². The van der Waals surface area contributed by atoms with Crippen molar-refractivity contribution >= 4 is 5.97 Å². The van der Waals surface area contributed by atoms with Crippen molar-refractivity contribution in [3.63, 3.8) is 0 Å². The lowest BCUT2D eigenvalue weighted by Crippen LogP contribution is -2.61. The highest BCUT2D eigenvalue weighted by atomic mass is 16.5. The van der Waals surface area contributed by atoms with Crippen LogP contribution in [0.3, 0.4) is 0 Å². The molecule has 1 rings (SSSR count). The van der Waals surface area contributed by atoms with E-state index in [4.69, 9.17) is 9.47 Å². The van der Waals surface area contributed by atoms with Crippen LogP contribution < -0.4 is 5.32 Å². The van der Waals surface area contributed by atoms with Gasteiger partial charge in [0.05, 0.1) is 13.7 Å². The van der Waals surface area contributed by atoms with E-state index in [0.717, 1.165) is 32.4 Å². The molecule has 5 nitrogen and oxygen atoms in total. The van der Waals surface area contributed by atoms with Gasteiger partial charge < -0.3 is 19.7 Å². The molecule has 0 bridgehead atoms. The molecule has 0 aromatic heterocycles. The maximum absolute atomic E-state index is 12.3. The van der Waals surface area contributed by atoms with Crippen molar-refractivity contribution in [3.05, 3.63) is 0 Å². The Morgan fingerprint density at radius 2 is 2.11 bits per heavy atom. The maximum atomic E-state index is 12.3. The van der Waals surface area contributed by atoms with Crippen LogP contribution >= 0.6 is 0 Å². The van der Waals surface area contributed by atoms with Crippen LogP contribution in [-0.4, -0.2) is 63.9 Å². The van der Waals surface area contributed by atoms with Gasteiger partial charge in [-0.2, -0.15) is 0 Å². The number of ether oxygens (including phenoxy) is 2. The van der Waals surface area contributed by atoms with Gasteiger partial charge in [-0.25, -0.2) is 4.79 Å². The smallest absolute Gasteiger partial charge is 0.327 e. The fraction of sp³-hybridized carbons (Fsp3) is 0.929. The van der Waals surface area contributed by atoms with Crippen molar-refractivity contribution in [1.29, 1.82) is 0 Å². The average molecular weight is 272 g/mol. The lowest BCUT2D eigenvalue weighted by molar-refractivity contribution is -0.150. The number of methoxy groups -OCH3 is 2. The number of hydrogen-bond donors (Lipinski definition) is 1. The largest absolute Gasteiger partial charge is 0.468 e. The lowest BCUT2D eigenvalue weighted by Gasteiger charge is -2.36. The van der Waals surface area contributed by atoms with Gasteiger partial charge in [-0.15, -0.1) is 0 Å². The zero-order valence-electron chi connectivity index (χ0n) is 12.7. The monoisotopic (exact) mass is 272 g/mol. The van der Waals surface area contributed by atoms with E-state index in [-0.39, 0.29) is 5.97 Å². The maximum Gasteiger partial charge on any atom is 0.327 e. The molecule has 1 N–H and O–H groups in total. The fourth-order valence-electron chi connectivity index (χ4n) is 2.49. The minimum atomic E-state index is -0.548. The Balaban J connectivity index is 2.73. The summed E-state index contributed by atoms with van der Waals surface area (Å²) in [6, 6.07) is 0. The SMILES string of the molecule is CCCNC(CN(C)CCOC)(C(=O)OC)C1CC1. The van der Waals surface area contributed by atoms with Crippen molar-refractivity contribution in [2.75, 3.05) is 47.5 Å². The third-order valence-corrected chi connectivity index (χ3v) is 3.71. The molecule has 0 aliphatic heterocycles. The molecular formula is C14H28N2O3. The van der Waals surface area contributed by atoms with E-state index < -0.39 is 5.54 Å². The normalized spacial score (nSPS) is 18.4. The van der Waals surface area contributed by atoms with Gasteiger partial charge >= 0.3 is 5.97 Å². The first-order valence-corrected chi connectivity index (χ1v) is 7.11. The molecule has 0 aromatic carbocycles. The number of esters is 1. The molecule has 1 aliphatic carbocycles. The van der Waals surface area contributed by atoms with Crippen LogP contribution in [0.15, 0.2) is 0 Å². The van der Waals surface area contributed by atoms with Crippen LogP contribution in [0.5, 0.6) is 0 Å². The molecular weight excluding hydrogens is 244 g/mol. The van der Waals surface area contributed by atoms with Crippen LogP contribution in [-0.2, 0) is 14.3 Å². The molecule has 0 saturated heterocycles. The second-order valence-corrected chi connectivity index (χ2v) is 5.39. The number of carbonyl (C=O) groups excluding carboxylic acids is 1. The molecule has 5 heteroatoms. The zero-order valence-corrected chi connectivity index (χ0v) is 12.7. The van der Waals surface area contributed by atoms with Crippen molar-refractivity contribution in [2.45, 2.75) is 31.7 Å². The Hall–Kier alpha value is -0.650. The Morgan fingerprint density at radius 1 is 1.42 bits per heavy atom. The summed E-state index contributed by atoms with van der Waals surface area (Å²) in [4.78, 5) is 14.4. The molecule has 112 valence electrons. The third-order valence-electron chi connectivity index (χ3n) is 3.71. The molecule has 0 amide bonds. The predicted molar refractivity (Wildman–Crippen MR) is 75.1 cm³/mol. The average Bonchev–Trinajstić information content (AvgIpc) is 3.25. The standard InChI is InChI=1S/C14H28N2O3/c1-5-8-15-14(12-6-7-12,13(17)19-4)11-16(2)9-10-18-3/h12,15H,5-11H2,1-4H3. The summed E-state index contributed by atoms with van der Waals surface area (Å²) in [5, 5.41) is 3.45. The molecule has 0 aromatic rings. The minimum absolute atomic E-state index is 0.132. The van der Waals surface area contributed by atoms with E-state index in [1.807, 2.05) is 7.05 Å². The van der Waals surface area contributed by atoms with Crippen molar-refractivity contribution in [2.24, 2.45) is 5.92 Å². The van der Waals surface area contributed by atoms with Gasteiger partial charge in [0, 0.05) is 20.2 Å². The first kappa shape index (κ1) is 16.4. The molecule has 1 atom stereocenters. The summed E-state index contributed by atoms with van der Waals surface area (Å²) in [5.41, 5.74) is -0.548. The summed E-state index contributed by atoms with van der Waals surface area (Å²) >= 11 is 0. The van der Waals surface area contributed by atoms with E-state index in [2.05, 4.69) is 17.1 Å². The van der Waals surface area contributed by atoms with E-state index in [1.165, 1.54) is 7.11 Å². The van der Waals surface area contributed by atoms with Crippen molar-refractivity contribution in [1.82, 2.24) is 10.2 Å². The molecule has 0 spiro atoms. The summed E-state index contributed by atoms with van der Waals surface area (Å²) in [5.74, 6) is 0.268. The lowest BCUT2D eigenvalue weighted by atomic mass is 9.92. The second kappa shape index (κ2) is 7.82. The second-order valence-electron chi connectivity index (χ2n) is 5.39. The van der Waals surface area contributed by atoms with Gasteiger partial charge in [0.1, 0.15) is 5.54 Å². The molecule has 1 aliphatic rings. The van der Waals surface area contributed by atoms with Gasteiger partial charge in [-0.05, 0) is 38.8 Å². The Bertz CT molecular complexity index is 282. The van der Waals surface area contributed by atoms with Crippen LogP contribution in [0.25, 0.3) is 0 Å². The molecule has 1 fully saturated rings. The zero-order chi connectivity index (χ0) is 14.3. The number of nitrogens with one attached hydrogen (secondary N) is 1. The van der Waals surface area contributed by atoms with Crippen LogP contribution in [0.2, 0.25) is 0 Å². The molecule has 0 radical (unpaired) electrons. The van der Waals surface area contributed by atoms with Crippen LogP contribution in [0.4, 0.5) is 0 Å². The Labute approximate surface area is 116 Å². The molecule has 0 heterocycles. The van der Waals surface area contributed by atoms with Gasteiger partial charge in [-0.3, -0.25) is 0 Å². The molecule has 1 unspecified atom stereocenters. The quantitative estimate of drug-likeness (QED) is 0.599. The van der Waals surface area contributed by atoms with E-state index in [1.54, 1.807) is 7.11 Å². The fourth-order valence-corrected chi connectivity index (χ4v) is 2.49. The highest BCUT2D eigenvalue weighted by molar-refractivity contribution is 5.82. The minimum Gasteiger partial charge on any atom is -0.468 e. The van der Waals surface area contributed by atoms with Crippen molar-refractivity contribution in [3.8, 4) is 0 Å². The Kier molecular flexibility index (Phi) is 6.75.